The Kier molecular flexibility index (Phi) is 6.15. The summed E-state index contributed by atoms with van der Waals surface area (Å²) in [5, 5.41) is 10.3. The van der Waals surface area contributed by atoms with Crippen molar-refractivity contribution >= 4 is 11.5 Å². The molecule has 7 atom stereocenters. The van der Waals surface area contributed by atoms with Crippen LogP contribution < -0.4 is 0 Å². The number of carbonyl (C=O) groups is 1. The van der Waals surface area contributed by atoms with Gasteiger partial charge in [-0.15, -0.1) is 0 Å². The van der Waals surface area contributed by atoms with E-state index in [1.807, 2.05) is 6.08 Å². The van der Waals surface area contributed by atoms with Gasteiger partial charge in [0.15, 0.2) is 5.78 Å². The summed E-state index contributed by atoms with van der Waals surface area (Å²) in [5.74, 6) is 2.55. The molecule has 33 heavy (non-hydrogen) atoms. The minimum atomic E-state index is 0.0352. The van der Waals surface area contributed by atoms with E-state index >= 15 is 0 Å². The molecule has 4 fully saturated rings. The maximum Gasteiger partial charge on any atom is 0.155 e. The van der Waals surface area contributed by atoms with Crippen molar-refractivity contribution in [1.82, 2.24) is 0 Å². The van der Waals surface area contributed by atoms with Crippen LogP contribution >= 0.6 is 0 Å². The molecule has 1 aliphatic heterocycles. The molecule has 1 saturated heterocycles. The van der Waals surface area contributed by atoms with Crippen LogP contribution in [-0.2, 0) is 9.53 Å². The van der Waals surface area contributed by atoms with Crippen LogP contribution in [0.1, 0.15) is 78.1 Å². The first-order chi connectivity index (χ1) is 15.9. The summed E-state index contributed by atoms with van der Waals surface area (Å²) in [4.78, 5) is 17.0. The molecule has 4 heteroatoms. The maximum absolute atomic E-state index is 12.1. The molecule has 0 aromatic heterocycles. The molecule has 5 rings (SSSR count). The van der Waals surface area contributed by atoms with E-state index in [1.54, 1.807) is 0 Å². The highest BCUT2D eigenvalue weighted by Gasteiger charge is 2.62. The summed E-state index contributed by atoms with van der Waals surface area (Å²) >= 11 is 0. The van der Waals surface area contributed by atoms with Crippen molar-refractivity contribution in [2.24, 2.45) is 45.4 Å². The minimum Gasteiger partial charge on any atom is -0.381 e. The van der Waals surface area contributed by atoms with Gasteiger partial charge in [-0.05, 0) is 85.5 Å². The zero-order chi connectivity index (χ0) is 23.2. The first kappa shape index (κ1) is 23.0. The zero-order valence-corrected chi connectivity index (χ0v) is 20.6. The lowest BCUT2D eigenvalue weighted by atomic mass is 9.44. The van der Waals surface area contributed by atoms with E-state index in [0.29, 0.717) is 30.1 Å². The number of rotatable bonds is 4. The number of hydrogen-bond donors (Lipinski definition) is 0. The number of ketones is 1. The Morgan fingerprint density at radius 1 is 1.21 bits per heavy atom. The lowest BCUT2D eigenvalue weighted by Gasteiger charge is -2.59. The molecule has 0 N–H and O–H groups in total. The highest BCUT2D eigenvalue weighted by atomic mass is 16.5. The second-order valence-corrected chi connectivity index (χ2v) is 11.9. The van der Waals surface area contributed by atoms with E-state index in [9.17, 15) is 10.1 Å². The number of nitrogens with zero attached hydrogens (tertiary/aromatic N) is 2. The number of allylic oxidation sites excluding steroid dienone is 1. The molecule has 3 saturated carbocycles. The maximum atomic E-state index is 12.1. The van der Waals surface area contributed by atoms with Gasteiger partial charge in [-0.1, -0.05) is 31.6 Å². The predicted molar refractivity (Wildman–Crippen MR) is 131 cm³/mol. The Balaban J connectivity index is 1.34. The van der Waals surface area contributed by atoms with Gasteiger partial charge in [0.1, 0.15) is 0 Å². The normalized spacial score (nSPS) is 42.5. The fourth-order valence-electron chi connectivity index (χ4n) is 8.84. The third kappa shape index (κ3) is 3.85. The van der Waals surface area contributed by atoms with Gasteiger partial charge in [0, 0.05) is 31.5 Å². The smallest absolute Gasteiger partial charge is 0.155 e. The van der Waals surface area contributed by atoms with Crippen molar-refractivity contribution in [3.63, 3.8) is 0 Å². The Labute approximate surface area is 199 Å². The van der Waals surface area contributed by atoms with E-state index in [2.05, 4.69) is 26.5 Å². The highest BCUT2D eigenvalue weighted by molar-refractivity contribution is 5.91. The van der Waals surface area contributed by atoms with E-state index < -0.39 is 0 Å². The number of carbonyl (C=O) groups excluding carboxylic acids is 1. The van der Waals surface area contributed by atoms with E-state index in [-0.39, 0.29) is 22.5 Å². The Morgan fingerprint density at radius 3 is 2.76 bits per heavy atom. The van der Waals surface area contributed by atoms with Gasteiger partial charge in [0.25, 0.3) is 0 Å². The zero-order valence-electron chi connectivity index (χ0n) is 20.6. The quantitative estimate of drug-likeness (QED) is 0.490. The summed E-state index contributed by atoms with van der Waals surface area (Å²) in [6, 6.07) is 2.78. The summed E-state index contributed by atoms with van der Waals surface area (Å²) in [5.41, 5.74) is 4.22. The molecular weight excluding hydrogens is 408 g/mol. The van der Waals surface area contributed by atoms with Gasteiger partial charge in [0.05, 0.1) is 25.2 Å². The van der Waals surface area contributed by atoms with Crippen molar-refractivity contribution < 1.29 is 9.53 Å². The first-order valence-corrected chi connectivity index (χ1v) is 13.3. The fourth-order valence-corrected chi connectivity index (χ4v) is 8.84. The lowest BCUT2D eigenvalue weighted by molar-refractivity contribution is -0.118. The average molecular weight is 449 g/mol. The lowest BCUT2D eigenvalue weighted by Crippen LogP contribution is -2.54. The van der Waals surface area contributed by atoms with Crippen molar-refractivity contribution in [2.75, 3.05) is 19.8 Å². The molecule has 0 aromatic rings. The van der Waals surface area contributed by atoms with Crippen molar-refractivity contribution in [3.05, 3.63) is 23.8 Å². The number of ether oxygens (including phenoxy) is 1. The largest absolute Gasteiger partial charge is 0.381 e. The van der Waals surface area contributed by atoms with Crippen LogP contribution in [0.3, 0.4) is 0 Å². The first-order valence-electron chi connectivity index (χ1n) is 13.3. The minimum absolute atomic E-state index is 0.0352. The van der Waals surface area contributed by atoms with Crippen LogP contribution in [0.5, 0.6) is 0 Å². The molecule has 5 aliphatic rings. The van der Waals surface area contributed by atoms with Crippen molar-refractivity contribution in [1.29, 1.82) is 5.26 Å². The van der Waals surface area contributed by atoms with Gasteiger partial charge in [-0.2, -0.15) is 5.26 Å². The summed E-state index contributed by atoms with van der Waals surface area (Å²) in [6.07, 6.45) is 12.1. The molecule has 0 radical (unpaired) electrons. The van der Waals surface area contributed by atoms with Gasteiger partial charge in [-0.3, -0.25) is 9.79 Å². The van der Waals surface area contributed by atoms with Gasteiger partial charge >= 0.3 is 0 Å². The molecule has 178 valence electrons. The van der Waals surface area contributed by atoms with Crippen molar-refractivity contribution in [3.8, 4) is 6.07 Å². The molecular formula is C29H40N2O2. The van der Waals surface area contributed by atoms with Gasteiger partial charge < -0.3 is 4.74 Å². The molecule has 0 spiro atoms. The molecule has 4 aliphatic carbocycles. The average Bonchev–Trinajstić information content (AvgIpc) is 3.16. The summed E-state index contributed by atoms with van der Waals surface area (Å²) in [6.45, 7) is 11.9. The van der Waals surface area contributed by atoms with Gasteiger partial charge in [-0.25, -0.2) is 0 Å². The van der Waals surface area contributed by atoms with Crippen LogP contribution in [0.25, 0.3) is 0 Å². The fraction of sp³-hybridized carbons (Fsp3) is 0.759. The molecule has 1 heterocycles. The standard InChI is InChI=1S/C29H40N2O2/c1-19(9-13-31-22-10-14-33-15-11-22)25-6-7-26-24-5-4-21-16-23(32)8-12-28(21,2)27(24)20(18-30)17-29(25,26)3/h16,20,24-27H,1,4-15,17H2,2-3H3. The second kappa shape index (κ2) is 8.81. The monoisotopic (exact) mass is 448 g/mol. The molecule has 0 aromatic carbocycles. The third-order valence-corrected chi connectivity index (χ3v) is 10.4. The van der Waals surface area contributed by atoms with Crippen LogP contribution in [0.2, 0.25) is 0 Å². The molecule has 7 unspecified atom stereocenters. The van der Waals surface area contributed by atoms with Crippen LogP contribution in [0, 0.1) is 51.8 Å². The Bertz CT molecular complexity index is 918. The van der Waals surface area contributed by atoms with Crippen LogP contribution in [-0.4, -0.2) is 31.3 Å². The second-order valence-electron chi connectivity index (χ2n) is 11.9. The topological polar surface area (TPSA) is 62.4 Å². The number of fused-ring (bicyclic) bond motifs is 5. The molecule has 0 amide bonds. The SMILES string of the molecule is C=C(CCN=C1CCOCC1)C1CCC2C3CCC4=CC(=O)CCC4(C)C3C(C#N)CC12C. The summed E-state index contributed by atoms with van der Waals surface area (Å²) < 4.78 is 5.45. The molecule has 0 bridgehead atoms. The van der Waals surface area contributed by atoms with Gasteiger partial charge in [0.2, 0.25) is 0 Å². The van der Waals surface area contributed by atoms with E-state index in [1.165, 1.54) is 29.7 Å². The Hall–Kier alpha value is -1.73. The predicted octanol–water partition coefficient (Wildman–Crippen LogP) is 6.08. The van der Waals surface area contributed by atoms with E-state index in [4.69, 9.17) is 9.73 Å². The number of nitriles is 1. The van der Waals surface area contributed by atoms with Crippen molar-refractivity contribution in [2.45, 2.75) is 78.1 Å². The molecule has 4 nitrogen and oxygen atoms in total. The number of hydrogen-bond acceptors (Lipinski definition) is 4. The summed E-state index contributed by atoms with van der Waals surface area (Å²) in [7, 11) is 0. The van der Waals surface area contributed by atoms with E-state index in [0.717, 1.165) is 64.7 Å². The number of aliphatic imine (C=N–C) groups is 1. The Morgan fingerprint density at radius 2 is 2.00 bits per heavy atom. The van der Waals surface area contributed by atoms with Crippen LogP contribution in [0.15, 0.2) is 28.8 Å². The van der Waals surface area contributed by atoms with Crippen LogP contribution in [0.4, 0.5) is 0 Å². The highest BCUT2D eigenvalue weighted by Crippen LogP contribution is 2.68. The third-order valence-electron chi connectivity index (χ3n) is 10.4.